The van der Waals surface area contributed by atoms with Crippen molar-refractivity contribution in [1.82, 2.24) is 0 Å². The van der Waals surface area contributed by atoms with Gasteiger partial charge in [0.05, 0.1) is 62.8 Å². The molecule has 7 aromatic carbocycles. The molecule has 0 fully saturated rings. The van der Waals surface area contributed by atoms with E-state index in [0.717, 1.165) is 46.6 Å². The highest BCUT2D eigenvalue weighted by molar-refractivity contribution is 8.26. The Balaban J connectivity index is 0.000000622. The van der Waals surface area contributed by atoms with Crippen LogP contribution in [0.5, 0.6) is 40.2 Å². The maximum absolute atomic E-state index is 9.49. The summed E-state index contributed by atoms with van der Waals surface area (Å²) in [7, 11) is 2.72. The zero-order valence-corrected chi connectivity index (χ0v) is 50.8. The zero-order chi connectivity index (χ0) is 59.7. The first-order valence-electron chi connectivity index (χ1n) is 23.8. The topological polar surface area (TPSA) is 220 Å². The minimum Gasteiger partial charge on any atom is -1.00 e. The quantitative estimate of drug-likeness (QED) is 0.0110. The Morgan fingerprint density at radius 1 is 0.439 bits per heavy atom. The summed E-state index contributed by atoms with van der Waals surface area (Å²) in [6.07, 6.45) is 6.22. The van der Waals surface area contributed by atoms with Crippen molar-refractivity contribution >= 4 is 74.1 Å². The van der Waals surface area contributed by atoms with Gasteiger partial charge in [-0.2, -0.15) is 0 Å². The van der Waals surface area contributed by atoms with Gasteiger partial charge in [0.1, 0.15) is 86.5 Å². The van der Waals surface area contributed by atoms with E-state index >= 15 is 0 Å². The number of halogens is 4. The van der Waals surface area contributed by atoms with Crippen molar-refractivity contribution in [3.05, 3.63) is 227 Å². The van der Waals surface area contributed by atoms with Crippen LogP contribution in [0.15, 0.2) is 257 Å². The van der Waals surface area contributed by atoms with E-state index in [1.54, 1.807) is 60.7 Å². The van der Waals surface area contributed by atoms with Crippen LogP contribution in [0.4, 0.5) is 0 Å². The normalized spacial score (nSPS) is 9.95. The van der Waals surface area contributed by atoms with E-state index in [1.165, 1.54) is 25.0 Å². The lowest BCUT2D eigenvalue weighted by atomic mass is 10.3. The van der Waals surface area contributed by atoms with E-state index in [9.17, 15) is 15.3 Å². The highest BCUT2D eigenvalue weighted by Gasteiger charge is 2.30. The molecule has 0 aliphatic rings. The molecule has 0 atom stereocenters. The highest BCUT2D eigenvalue weighted by atomic mass is 36.0. The molecule has 0 heterocycles. The third-order valence-electron chi connectivity index (χ3n) is 9.23. The molecule has 0 saturated heterocycles. The first kappa shape index (κ1) is 73.2. The number of phenols is 4. The van der Waals surface area contributed by atoms with Gasteiger partial charge in [-0.15, -0.1) is 11.6 Å². The average Bonchev–Trinajstić information content (AvgIpc) is 3.63. The minimum absolute atomic E-state index is 0. The van der Waals surface area contributed by atoms with Gasteiger partial charge in [0.15, 0.2) is 29.4 Å². The second-order valence-electron chi connectivity index (χ2n) is 15.1. The summed E-state index contributed by atoms with van der Waals surface area (Å²) >= 11 is 5.21. The van der Waals surface area contributed by atoms with Crippen LogP contribution in [-0.4, -0.2) is 96.0 Å². The van der Waals surface area contributed by atoms with Crippen LogP contribution < -0.4 is 26.6 Å². The Bertz CT molecular complexity index is 2690. The molecular weight excluding hydrogens is 1220 g/mol. The first-order valence-corrected chi connectivity index (χ1v) is 31.4. The van der Waals surface area contributed by atoms with Crippen LogP contribution in [-0.2, 0) is 60.1 Å². The monoisotopic (exact) mass is 1280 g/mol. The molecule has 0 aliphatic heterocycles. The number of benzene rings is 7. The van der Waals surface area contributed by atoms with Crippen LogP contribution in [0.2, 0.25) is 0 Å². The Morgan fingerprint density at radius 3 is 0.829 bits per heavy atom. The van der Waals surface area contributed by atoms with E-state index in [4.69, 9.17) is 62.3 Å². The van der Waals surface area contributed by atoms with Gasteiger partial charge in [0.2, 0.25) is 9.23 Å². The lowest BCUT2D eigenvalue weighted by molar-refractivity contribution is -0.0000279. The van der Waals surface area contributed by atoms with Gasteiger partial charge in [0, 0.05) is 27.6 Å². The molecule has 4 N–H and O–H groups in total. The standard InChI is InChI=1S/C30H33O6S.C18H14O3S.C6H6O.C4H7ClO.CH4O3S.Cl2OS.ClH/c1-4-31-19-22-34-25-7-13-28(14-8-25)37(29-15-9-26(10-16-29)35-23-20-32-5-2)30-17-11-27(12-18-30)36-24-21-33-6-3;19-13-1-7-16(8-2-13)22(17-9-3-14(20)4-10-17)18-11-5-15(21)6-12-18;7-6-4-2-1-3-5-6;1-2-6-4-3-5;1-5(2,3)4;1-4(2)3;/h4-18H,1-3,19-24H2;1-12H,(H2-,19,20,21);1-5,7H;2H,1,3-4H2;1H3,(H,2,3,4);;1H/q+1;;;;;;/p-1. The van der Waals surface area contributed by atoms with E-state index in [1.807, 2.05) is 78.9 Å². The van der Waals surface area contributed by atoms with Gasteiger partial charge in [0.25, 0.3) is 0 Å². The third-order valence-corrected chi connectivity index (χ3v) is 13.8. The predicted molar refractivity (Wildman–Crippen MR) is 323 cm³/mol. The Morgan fingerprint density at radius 2 is 0.646 bits per heavy atom. The summed E-state index contributed by atoms with van der Waals surface area (Å²) in [5, 5.41) is 37.1. The number of aromatic hydroxyl groups is 4. The zero-order valence-electron chi connectivity index (χ0n) is 44.5. The summed E-state index contributed by atoms with van der Waals surface area (Å²) < 4.78 is 73.6. The van der Waals surface area contributed by atoms with Crippen molar-refractivity contribution in [3.63, 3.8) is 0 Å². The number of rotatable bonds is 24. The Kier molecular flexibility index (Phi) is 39.2. The van der Waals surface area contributed by atoms with Crippen LogP contribution in [0, 0.1) is 0 Å². The van der Waals surface area contributed by atoms with Crippen LogP contribution in [0.25, 0.3) is 0 Å². The smallest absolute Gasteiger partial charge is 0.211 e. The van der Waals surface area contributed by atoms with Gasteiger partial charge in [-0.1, -0.05) is 44.5 Å². The fourth-order valence-corrected chi connectivity index (χ4v) is 10.2. The maximum Gasteiger partial charge on any atom is 0.211 e. The second-order valence-corrected chi connectivity index (χ2v) is 23.5. The van der Waals surface area contributed by atoms with Crippen molar-refractivity contribution in [2.45, 2.75) is 29.4 Å². The van der Waals surface area contributed by atoms with Crippen LogP contribution >= 0.6 is 33.0 Å². The second kappa shape index (κ2) is 43.9. The highest BCUT2D eigenvalue weighted by Crippen LogP contribution is 2.35. The van der Waals surface area contributed by atoms with Crippen molar-refractivity contribution in [2.75, 3.05) is 58.4 Å². The lowest BCUT2D eigenvalue weighted by Crippen LogP contribution is -3.00. The number of alkyl halides is 1. The van der Waals surface area contributed by atoms with Gasteiger partial charge in [-0.3, -0.25) is 0 Å². The van der Waals surface area contributed by atoms with E-state index in [-0.39, 0.29) is 51.4 Å². The van der Waals surface area contributed by atoms with E-state index in [2.05, 4.69) is 88.8 Å². The molecule has 0 amide bonds. The Labute approximate surface area is 508 Å². The summed E-state index contributed by atoms with van der Waals surface area (Å²) in [6.45, 7) is 17.2. The average molecular weight is 1280 g/mol. The number of para-hydroxylation sites is 1. The Hall–Kier alpha value is -6.78. The van der Waals surface area contributed by atoms with E-state index in [0.29, 0.717) is 64.1 Å². The maximum atomic E-state index is 9.49. The van der Waals surface area contributed by atoms with Crippen molar-refractivity contribution in [3.8, 4) is 40.2 Å². The minimum atomic E-state index is -3.92. The van der Waals surface area contributed by atoms with Crippen molar-refractivity contribution in [1.29, 1.82) is 0 Å². The molecule has 7 rings (SSSR count). The fraction of sp³-hybridized carbons (Fsp3) is 0.153. The number of phenolic OH excluding ortho intramolecular Hbond substituents is 4. The summed E-state index contributed by atoms with van der Waals surface area (Å²) in [6, 6.07) is 54.5. The molecule has 0 saturated carbocycles. The number of ether oxygens (including phenoxy) is 7. The molecule has 0 aromatic heterocycles. The molecule has 23 heteroatoms. The SMILES string of the molecule is C=COCCCl.C=COCCOc1ccc([S+](c2ccc(OCCOC=C)cc2)c2ccc(OCCOC=C)cc2)cc1.CS(=O)(=O)[O-].O=S(Cl)Cl.Oc1ccc([S+](c2ccc(O)cc2)c2ccc(O)cc2)cc1.Oc1ccccc1.[Cl-]. The molecule has 7 aromatic rings. The summed E-state index contributed by atoms with van der Waals surface area (Å²) in [5.74, 6) is 3.90. The molecule has 82 heavy (non-hydrogen) atoms. The fourth-order valence-electron chi connectivity index (χ4n) is 6.01. The van der Waals surface area contributed by atoms with Gasteiger partial charge >= 0.3 is 0 Å². The summed E-state index contributed by atoms with van der Waals surface area (Å²) in [5.41, 5.74) is 0. The molecule has 15 nitrogen and oxygen atoms in total. The number of hydrogen-bond donors (Lipinski definition) is 4. The van der Waals surface area contributed by atoms with Crippen LogP contribution in [0.1, 0.15) is 0 Å². The molecule has 0 radical (unpaired) electrons. The summed E-state index contributed by atoms with van der Waals surface area (Å²) in [4.78, 5) is 6.64. The van der Waals surface area contributed by atoms with E-state index < -0.39 is 19.3 Å². The molecule has 442 valence electrons. The molecule has 0 aliphatic carbocycles. The molecular formula is C59H64Cl4O15S4. The molecule has 0 unspecified atom stereocenters. The molecule has 0 bridgehead atoms. The lowest BCUT2D eigenvalue weighted by Gasteiger charge is -2.12. The van der Waals surface area contributed by atoms with Crippen molar-refractivity contribution in [2.24, 2.45) is 0 Å². The predicted octanol–water partition coefficient (Wildman–Crippen LogP) is 10.3. The van der Waals surface area contributed by atoms with Gasteiger partial charge in [-0.25, -0.2) is 12.6 Å². The van der Waals surface area contributed by atoms with Gasteiger partial charge < -0.3 is 70.5 Å². The third kappa shape index (κ3) is 33.8. The van der Waals surface area contributed by atoms with Gasteiger partial charge in [-0.05, 0) is 158 Å². The largest absolute Gasteiger partial charge is 1.00 e. The molecule has 0 spiro atoms. The van der Waals surface area contributed by atoms with Crippen LogP contribution in [0.3, 0.4) is 0 Å². The first-order chi connectivity index (χ1) is 38.9. The van der Waals surface area contributed by atoms with Crippen molar-refractivity contribution < 1.29 is 83.2 Å². The number of hydrogen-bond acceptors (Lipinski definition) is 15.